The second-order valence-electron chi connectivity index (χ2n) is 3.93. The molecule has 1 aromatic carbocycles. The van der Waals surface area contributed by atoms with E-state index >= 15 is 0 Å². The maximum absolute atomic E-state index is 11.4. The molecule has 0 bridgehead atoms. The third-order valence-corrected chi connectivity index (χ3v) is 2.78. The molecule has 0 aliphatic rings. The monoisotopic (exact) mass is 279 g/mol. The van der Waals surface area contributed by atoms with Gasteiger partial charge in [0.25, 0.3) is 0 Å². The number of alkyl halides is 1. The number of ether oxygens (including phenoxy) is 1. The highest BCUT2D eigenvalue weighted by Crippen LogP contribution is 2.13. The Balaban J connectivity index is 2.88. The smallest absolute Gasteiger partial charge is 0.310 e. The standard InChI is InChI=1S/C14H14ClNO3/c1-2-19-14(18)7-11-4-3-10(5-12(11)9-16)6-13(17)8-15/h3-5H,2,6-8H2,1H3. The lowest BCUT2D eigenvalue weighted by Gasteiger charge is -2.06. The summed E-state index contributed by atoms with van der Waals surface area (Å²) in [5.74, 6) is -0.529. The molecule has 0 radical (unpaired) electrons. The van der Waals surface area contributed by atoms with E-state index in [9.17, 15) is 9.59 Å². The number of esters is 1. The third-order valence-electron chi connectivity index (χ3n) is 2.49. The molecule has 0 atom stereocenters. The van der Waals surface area contributed by atoms with Crippen LogP contribution in [-0.2, 0) is 27.2 Å². The average molecular weight is 280 g/mol. The van der Waals surface area contributed by atoms with Gasteiger partial charge < -0.3 is 4.74 Å². The van der Waals surface area contributed by atoms with Crippen LogP contribution in [0.1, 0.15) is 23.6 Å². The van der Waals surface area contributed by atoms with E-state index < -0.39 is 0 Å². The van der Waals surface area contributed by atoms with Gasteiger partial charge in [0, 0.05) is 6.42 Å². The Morgan fingerprint density at radius 3 is 2.68 bits per heavy atom. The number of carbonyl (C=O) groups excluding carboxylic acids is 2. The van der Waals surface area contributed by atoms with Crippen molar-refractivity contribution in [2.45, 2.75) is 19.8 Å². The van der Waals surface area contributed by atoms with E-state index in [4.69, 9.17) is 21.6 Å². The van der Waals surface area contributed by atoms with Crippen molar-refractivity contribution in [1.82, 2.24) is 0 Å². The van der Waals surface area contributed by atoms with Crippen molar-refractivity contribution >= 4 is 23.4 Å². The summed E-state index contributed by atoms with van der Waals surface area (Å²) < 4.78 is 4.84. The quantitative estimate of drug-likeness (QED) is 0.590. The Bertz CT molecular complexity index is 520. The number of hydrogen-bond donors (Lipinski definition) is 0. The highest BCUT2D eigenvalue weighted by Gasteiger charge is 2.10. The van der Waals surface area contributed by atoms with Crippen LogP contribution in [0.2, 0.25) is 0 Å². The maximum atomic E-state index is 11.4. The van der Waals surface area contributed by atoms with Crippen LogP contribution in [-0.4, -0.2) is 24.2 Å². The van der Waals surface area contributed by atoms with Gasteiger partial charge in [0.05, 0.1) is 30.5 Å². The summed E-state index contributed by atoms with van der Waals surface area (Å²) in [5, 5.41) is 9.06. The zero-order valence-corrected chi connectivity index (χ0v) is 11.4. The number of halogens is 1. The molecule has 0 aromatic heterocycles. The molecule has 0 amide bonds. The first kappa shape index (κ1) is 15.2. The largest absolute Gasteiger partial charge is 0.466 e. The number of Topliss-reactive ketones (excluding diaryl/α,β-unsaturated/α-hetero) is 1. The van der Waals surface area contributed by atoms with Crippen LogP contribution in [0.5, 0.6) is 0 Å². The summed E-state index contributed by atoms with van der Waals surface area (Å²) >= 11 is 5.43. The van der Waals surface area contributed by atoms with Crippen LogP contribution in [0.4, 0.5) is 0 Å². The van der Waals surface area contributed by atoms with Crippen molar-refractivity contribution < 1.29 is 14.3 Å². The van der Waals surface area contributed by atoms with Crippen LogP contribution in [0.3, 0.4) is 0 Å². The molecular weight excluding hydrogens is 266 g/mol. The zero-order valence-electron chi connectivity index (χ0n) is 10.6. The van der Waals surface area contributed by atoms with Gasteiger partial charge in [0.2, 0.25) is 0 Å². The second-order valence-corrected chi connectivity index (χ2v) is 4.20. The van der Waals surface area contributed by atoms with E-state index in [0.29, 0.717) is 17.7 Å². The summed E-state index contributed by atoms with van der Waals surface area (Å²) in [6, 6.07) is 7.03. The van der Waals surface area contributed by atoms with Crippen molar-refractivity contribution in [3.05, 3.63) is 34.9 Å². The zero-order chi connectivity index (χ0) is 14.3. The van der Waals surface area contributed by atoms with Gasteiger partial charge >= 0.3 is 5.97 Å². The molecule has 0 aliphatic carbocycles. The number of benzene rings is 1. The lowest BCUT2D eigenvalue weighted by molar-refractivity contribution is -0.142. The summed E-state index contributed by atoms with van der Waals surface area (Å²) in [7, 11) is 0. The third kappa shape index (κ3) is 4.72. The van der Waals surface area contributed by atoms with Crippen molar-refractivity contribution in [3.63, 3.8) is 0 Å². The fourth-order valence-corrected chi connectivity index (χ4v) is 1.73. The van der Waals surface area contributed by atoms with E-state index in [1.807, 2.05) is 6.07 Å². The first-order chi connectivity index (χ1) is 9.10. The Morgan fingerprint density at radius 2 is 2.11 bits per heavy atom. The van der Waals surface area contributed by atoms with Gasteiger partial charge in [-0.15, -0.1) is 11.6 Å². The lowest BCUT2D eigenvalue weighted by Crippen LogP contribution is -2.09. The predicted octanol–water partition coefficient (Wildman–Crippen LogP) is 2.01. The molecule has 0 heterocycles. The minimum atomic E-state index is -0.372. The number of rotatable bonds is 6. The Labute approximate surface area is 116 Å². The van der Waals surface area contributed by atoms with E-state index in [0.717, 1.165) is 5.56 Å². The Hall–Kier alpha value is -1.86. The van der Waals surface area contributed by atoms with Gasteiger partial charge in [-0.1, -0.05) is 12.1 Å². The Kier molecular flexibility index (Phi) is 6.04. The predicted molar refractivity (Wildman–Crippen MR) is 70.9 cm³/mol. The van der Waals surface area contributed by atoms with Gasteiger partial charge in [-0.3, -0.25) is 9.59 Å². The minimum Gasteiger partial charge on any atom is -0.466 e. The molecule has 0 unspecified atom stereocenters. The van der Waals surface area contributed by atoms with Gasteiger partial charge in [-0.25, -0.2) is 0 Å². The summed E-state index contributed by atoms with van der Waals surface area (Å²) in [4.78, 5) is 22.6. The van der Waals surface area contributed by atoms with E-state index in [2.05, 4.69) is 0 Å². The molecule has 100 valence electrons. The van der Waals surface area contributed by atoms with Crippen LogP contribution in [0.25, 0.3) is 0 Å². The molecule has 4 nitrogen and oxygen atoms in total. The van der Waals surface area contributed by atoms with Crippen LogP contribution >= 0.6 is 11.6 Å². The van der Waals surface area contributed by atoms with Crippen molar-refractivity contribution in [2.75, 3.05) is 12.5 Å². The van der Waals surface area contributed by atoms with Crippen LogP contribution in [0, 0.1) is 11.3 Å². The van der Waals surface area contributed by atoms with Crippen molar-refractivity contribution in [3.8, 4) is 6.07 Å². The van der Waals surface area contributed by atoms with Crippen molar-refractivity contribution in [1.29, 1.82) is 5.26 Å². The first-order valence-corrected chi connectivity index (χ1v) is 6.39. The van der Waals surface area contributed by atoms with E-state index in [1.165, 1.54) is 0 Å². The van der Waals surface area contributed by atoms with Gasteiger partial charge in [-0.05, 0) is 24.1 Å². The van der Waals surface area contributed by atoms with Gasteiger partial charge in [-0.2, -0.15) is 5.26 Å². The normalized spacial score (nSPS) is 9.74. The molecule has 1 rings (SSSR count). The fourth-order valence-electron chi connectivity index (χ4n) is 1.63. The topological polar surface area (TPSA) is 67.2 Å². The van der Waals surface area contributed by atoms with Gasteiger partial charge in [0.1, 0.15) is 0 Å². The number of nitriles is 1. The molecular formula is C14H14ClNO3. The number of ketones is 1. The highest BCUT2D eigenvalue weighted by molar-refractivity contribution is 6.27. The number of nitrogens with zero attached hydrogens (tertiary/aromatic N) is 1. The molecule has 0 saturated heterocycles. The first-order valence-electron chi connectivity index (χ1n) is 5.85. The molecule has 19 heavy (non-hydrogen) atoms. The maximum Gasteiger partial charge on any atom is 0.310 e. The molecule has 0 spiro atoms. The minimum absolute atomic E-state index is 0.0491. The highest BCUT2D eigenvalue weighted by atomic mass is 35.5. The fraction of sp³-hybridized carbons (Fsp3) is 0.357. The molecule has 0 fully saturated rings. The molecule has 0 aliphatic heterocycles. The second kappa shape index (κ2) is 7.55. The summed E-state index contributed by atoms with van der Waals surface area (Å²) in [6.07, 6.45) is 0.248. The van der Waals surface area contributed by atoms with E-state index in [1.54, 1.807) is 25.1 Å². The van der Waals surface area contributed by atoms with Crippen LogP contribution in [0.15, 0.2) is 18.2 Å². The number of carbonyl (C=O) groups is 2. The average Bonchev–Trinajstić information content (AvgIpc) is 2.40. The molecule has 0 N–H and O–H groups in total. The summed E-state index contributed by atoms with van der Waals surface area (Å²) in [5.41, 5.74) is 1.70. The summed E-state index contributed by atoms with van der Waals surface area (Å²) in [6.45, 7) is 2.03. The Morgan fingerprint density at radius 1 is 1.37 bits per heavy atom. The molecule has 5 heteroatoms. The molecule has 1 aromatic rings. The molecule has 0 saturated carbocycles. The number of hydrogen-bond acceptors (Lipinski definition) is 4. The van der Waals surface area contributed by atoms with Crippen molar-refractivity contribution in [2.24, 2.45) is 0 Å². The lowest BCUT2D eigenvalue weighted by atomic mass is 10.00. The van der Waals surface area contributed by atoms with E-state index in [-0.39, 0.29) is 30.5 Å². The van der Waals surface area contributed by atoms with Gasteiger partial charge in [0.15, 0.2) is 5.78 Å². The SMILES string of the molecule is CCOC(=O)Cc1ccc(CC(=O)CCl)cc1C#N. The van der Waals surface area contributed by atoms with Crippen LogP contribution < -0.4 is 0 Å².